The van der Waals surface area contributed by atoms with Crippen molar-refractivity contribution in [2.75, 3.05) is 5.75 Å². The van der Waals surface area contributed by atoms with Crippen molar-refractivity contribution in [3.05, 3.63) is 23.0 Å². The minimum atomic E-state index is -4.55. The highest BCUT2D eigenvalue weighted by Crippen LogP contribution is 2.30. The number of hydrogen-bond acceptors (Lipinski definition) is 3. The largest absolute Gasteiger partial charge is 0.481 e. The quantitative estimate of drug-likeness (QED) is 0.682. The molecule has 114 valence electrons. The fourth-order valence-electron chi connectivity index (χ4n) is 1.67. The van der Waals surface area contributed by atoms with Crippen molar-refractivity contribution in [1.82, 2.24) is 9.55 Å². The highest BCUT2D eigenvalue weighted by atomic mass is 35.5. The Morgan fingerprint density at radius 1 is 1.43 bits per heavy atom. The van der Waals surface area contributed by atoms with Crippen molar-refractivity contribution >= 4 is 40.4 Å². The predicted molar refractivity (Wildman–Crippen MR) is 69.1 cm³/mol. The summed E-state index contributed by atoms with van der Waals surface area (Å²) < 4.78 is 52.0. The molecule has 1 aromatic heterocycles. The Bertz CT molecular complexity index is 702. The average molecular weight is 343 g/mol. The van der Waals surface area contributed by atoms with Crippen molar-refractivity contribution in [2.45, 2.75) is 17.9 Å². The van der Waals surface area contributed by atoms with Gasteiger partial charge in [0.2, 0.25) is 0 Å². The Hall–Kier alpha value is -1.48. The first-order valence-corrected chi connectivity index (χ1v) is 6.80. The highest BCUT2D eigenvalue weighted by Gasteiger charge is 2.30. The molecule has 0 amide bonds. The standard InChI is InChI=1S/C11H7ClF4N2O2S/c12-5-1-7-8(2-6(5)13)18(4-11(14,15)16)10(17-7)21-3-9(19)20/h1-2H,3-4H2,(H,19,20). The fourth-order valence-corrected chi connectivity index (χ4v) is 2.56. The van der Waals surface area contributed by atoms with Gasteiger partial charge in [-0.3, -0.25) is 4.79 Å². The van der Waals surface area contributed by atoms with Gasteiger partial charge < -0.3 is 9.67 Å². The Kier molecular flexibility index (Phi) is 4.33. The summed E-state index contributed by atoms with van der Waals surface area (Å²) in [6.07, 6.45) is -4.55. The molecule has 1 heterocycles. The van der Waals surface area contributed by atoms with Gasteiger partial charge in [-0.05, 0) is 6.07 Å². The van der Waals surface area contributed by atoms with E-state index in [9.17, 15) is 22.4 Å². The van der Waals surface area contributed by atoms with Crippen LogP contribution in [0.3, 0.4) is 0 Å². The smallest absolute Gasteiger partial charge is 0.406 e. The minimum Gasteiger partial charge on any atom is -0.481 e. The Balaban J connectivity index is 2.54. The van der Waals surface area contributed by atoms with Crippen molar-refractivity contribution < 1.29 is 27.5 Å². The van der Waals surface area contributed by atoms with Crippen LogP contribution in [0.2, 0.25) is 5.02 Å². The zero-order chi connectivity index (χ0) is 15.8. The summed E-state index contributed by atoms with van der Waals surface area (Å²) in [5.74, 6) is -2.53. The van der Waals surface area contributed by atoms with E-state index in [1.807, 2.05) is 0 Å². The predicted octanol–water partition coefficient (Wildman–Crippen LogP) is 3.57. The molecule has 4 nitrogen and oxygen atoms in total. The van der Waals surface area contributed by atoms with Crippen LogP contribution in [0.25, 0.3) is 11.0 Å². The van der Waals surface area contributed by atoms with E-state index < -0.39 is 30.3 Å². The number of carboxylic acid groups (broad SMARTS) is 1. The summed E-state index contributed by atoms with van der Waals surface area (Å²) in [4.78, 5) is 14.4. The monoisotopic (exact) mass is 342 g/mol. The summed E-state index contributed by atoms with van der Waals surface area (Å²) >= 11 is 6.18. The van der Waals surface area contributed by atoms with Crippen molar-refractivity contribution in [2.24, 2.45) is 0 Å². The number of alkyl halides is 3. The van der Waals surface area contributed by atoms with Gasteiger partial charge in [0.25, 0.3) is 0 Å². The molecule has 0 unspecified atom stereocenters. The summed E-state index contributed by atoms with van der Waals surface area (Å²) in [6.45, 7) is -1.40. The van der Waals surface area contributed by atoms with Gasteiger partial charge in [0.1, 0.15) is 12.4 Å². The van der Waals surface area contributed by atoms with Gasteiger partial charge in [-0.1, -0.05) is 23.4 Å². The molecule has 21 heavy (non-hydrogen) atoms. The Labute approximate surface area is 124 Å². The number of fused-ring (bicyclic) bond motifs is 1. The van der Waals surface area contributed by atoms with Gasteiger partial charge in [0.05, 0.1) is 21.8 Å². The molecule has 1 N–H and O–H groups in total. The van der Waals surface area contributed by atoms with Crippen LogP contribution in [-0.4, -0.2) is 32.6 Å². The topological polar surface area (TPSA) is 55.1 Å². The van der Waals surface area contributed by atoms with Crippen LogP contribution in [0.15, 0.2) is 17.3 Å². The maximum Gasteiger partial charge on any atom is 0.406 e. The van der Waals surface area contributed by atoms with E-state index in [-0.39, 0.29) is 21.2 Å². The van der Waals surface area contributed by atoms with Gasteiger partial charge in [-0.15, -0.1) is 0 Å². The molecule has 0 saturated carbocycles. The van der Waals surface area contributed by atoms with Gasteiger partial charge >= 0.3 is 12.1 Å². The van der Waals surface area contributed by atoms with Gasteiger partial charge in [0, 0.05) is 6.07 Å². The van der Waals surface area contributed by atoms with E-state index in [1.54, 1.807) is 0 Å². The molecule has 0 spiro atoms. The molecular formula is C11H7ClF4N2O2S. The van der Waals surface area contributed by atoms with Crippen LogP contribution in [0, 0.1) is 5.82 Å². The number of thioether (sulfide) groups is 1. The molecule has 0 aliphatic rings. The third-order valence-corrected chi connectivity index (χ3v) is 3.67. The number of imidazole rings is 1. The van der Waals surface area contributed by atoms with Gasteiger partial charge in [-0.25, -0.2) is 9.37 Å². The second-order valence-electron chi connectivity index (χ2n) is 4.03. The van der Waals surface area contributed by atoms with E-state index in [0.717, 1.165) is 16.7 Å². The second-order valence-corrected chi connectivity index (χ2v) is 5.38. The maximum absolute atomic E-state index is 13.4. The molecular weight excluding hydrogens is 336 g/mol. The van der Waals surface area contributed by atoms with Crippen molar-refractivity contribution in [3.8, 4) is 0 Å². The second kappa shape index (κ2) is 5.72. The molecule has 0 fully saturated rings. The first-order valence-electron chi connectivity index (χ1n) is 5.44. The molecule has 2 rings (SSSR count). The molecule has 1 aromatic carbocycles. The maximum atomic E-state index is 13.4. The fraction of sp³-hybridized carbons (Fsp3) is 0.273. The number of aromatic nitrogens is 2. The van der Waals surface area contributed by atoms with E-state index in [4.69, 9.17) is 16.7 Å². The third kappa shape index (κ3) is 3.79. The normalized spacial score (nSPS) is 12.0. The first kappa shape index (κ1) is 15.9. The lowest BCUT2D eigenvalue weighted by Gasteiger charge is -2.11. The summed E-state index contributed by atoms with van der Waals surface area (Å²) in [6, 6.07) is 1.95. The Morgan fingerprint density at radius 3 is 2.67 bits per heavy atom. The number of rotatable bonds is 4. The lowest BCUT2D eigenvalue weighted by molar-refractivity contribution is -0.141. The van der Waals surface area contributed by atoms with E-state index in [1.165, 1.54) is 0 Å². The van der Waals surface area contributed by atoms with Crippen LogP contribution >= 0.6 is 23.4 Å². The SMILES string of the molecule is O=C(O)CSc1nc2cc(Cl)c(F)cc2n1CC(F)(F)F. The first-order chi connectivity index (χ1) is 9.67. The number of benzene rings is 1. The molecule has 0 bridgehead atoms. The molecule has 0 radical (unpaired) electrons. The van der Waals surface area contributed by atoms with Crippen molar-refractivity contribution in [1.29, 1.82) is 0 Å². The van der Waals surface area contributed by atoms with E-state index in [0.29, 0.717) is 11.8 Å². The zero-order valence-corrected chi connectivity index (χ0v) is 11.7. The lowest BCUT2D eigenvalue weighted by Crippen LogP contribution is -2.18. The van der Waals surface area contributed by atoms with Crippen LogP contribution < -0.4 is 0 Å². The summed E-state index contributed by atoms with van der Waals surface area (Å²) in [5.41, 5.74) is -0.0272. The van der Waals surface area contributed by atoms with Crippen LogP contribution in [0.5, 0.6) is 0 Å². The molecule has 0 saturated heterocycles. The number of halogens is 5. The molecule has 10 heteroatoms. The zero-order valence-electron chi connectivity index (χ0n) is 10.1. The molecule has 0 aliphatic heterocycles. The summed E-state index contributed by atoms with van der Waals surface area (Å²) in [7, 11) is 0. The Morgan fingerprint density at radius 2 is 2.10 bits per heavy atom. The minimum absolute atomic E-state index is 0.0681. The molecule has 0 atom stereocenters. The lowest BCUT2D eigenvalue weighted by atomic mass is 10.3. The van der Waals surface area contributed by atoms with E-state index in [2.05, 4.69) is 4.98 Å². The van der Waals surface area contributed by atoms with Crippen LogP contribution in [-0.2, 0) is 11.3 Å². The number of hydrogen-bond donors (Lipinski definition) is 1. The third-order valence-electron chi connectivity index (χ3n) is 2.42. The number of carboxylic acids is 1. The molecule has 0 aliphatic carbocycles. The van der Waals surface area contributed by atoms with Crippen molar-refractivity contribution in [3.63, 3.8) is 0 Å². The van der Waals surface area contributed by atoms with Crippen LogP contribution in [0.4, 0.5) is 17.6 Å². The number of aliphatic carboxylic acids is 1. The summed E-state index contributed by atoms with van der Waals surface area (Å²) in [5, 5.41) is 8.17. The average Bonchev–Trinajstić information content (AvgIpc) is 2.63. The van der Waals surface area contributed by atoms with E-state index >= 15 is 0 Å². The van der Waals surface area contributed by atoms with Crippen LogP contribution in [0.1, 0.15) is 0 Å². The highest BCUT2D eigenvalue weighted by molar-refractivity contribution is 7.99. The number of carbonyl (C=O) groups is 1. The van der Waals surface area contributed by atoms with Gasteiger partial charge in [-0.2, -0.15) is 13.2 Å². The number of nitrogens with zero attached hydrogens (tertiary/aromatic N) is 2. The molecule has 2 aromatic rings. The van der Waals surface area contributed by atoms with Gasteiger partial charge in [0.15, 0.2) is 5.16 Å².